The van der Waals surface area contributed by atoms with Crippen LogP contribution in [-0.4, -0.2) is 25.5 Å². The van der Waals surface area contributed by atoms with Gasteiger partial charge in [0.05, 0.1) is 11.7 Å². The Morgan fingerprint density at radius 1 is 1.47 bits per heavy atom. The molecule has 2 aliphatic rings. The smallest absolute Gasteiger partial charge is 0.226 e. The van der Waals surface area contributed by atoms with Crippen LogP contribution < -0.4 is 10.6 Å². The zero-order valence-electron chi connectivity index (χ0n) is 11.5. The van der Waals surface area contributed by atoms with Crippen molar-refractivity contribution in [2.75, 3.05) is 19.6 Å². The number of hydrogen-bond acceptors (Lipinski definition) is 3. The first kappa shape index (κ1) is 12.7. The van der Waals surface area contributed by atoms with Gasteiger partial charge in [-0.25, -0.2) is 0 Å². The summed E-state index contributed by atoms with van der Waals surface area (Å²) in [6, 6.07) is 3.82. The second-order valence-electron chi connectivity index (χ2n) is 6.12. The van der Waals surface area contributed by atoms with E-state index in [0.717, 1.165) is 44.5 Å². The highest BCUT2D eigenvalue weighted by atomic mass is 16.3. The van der Waals surface area contributed by atoms with E-state index < -0.39 is 0 Å². The highest BCUT2D eigenvalue weighted by Gasteiger charge is 2.67. The Kier molecular flexibility index (Phi) is 3.13. The number of carbonyl (C=O) groups is 1. The molecule has 1 aromatic rings. The highest BCUT2D eigenvalue weighted by molar-refractivity contribution is 5.86. The van der Waals surface area contributed by atoms with E-state index in [1.54, 1.807) is 6.26 Å². The average Bonchev–Trinajstić information content (AvgIpc) is 2.82. The molecule has 1 unspecified atom stereocenters. The van der Waals surface area contributed by atoms with Gasteiger partial charge in [-0.1, -0.05) is 6.92 Å². The Hall–Kier alpha value is -1.29. The van der Waals surface area contributed by atoms with E-state index in [0.29, 0.717) is 6.54 Å². The first-order valence-electron chi connectivity index (χ1n) is 7.18. The molecule has 19 heavy (non-hydrogen) atoms. The fourth-order valence-electron chi connectivity index (χ4n) is 3.54. The number of piperidine rings is 1. The first-order chi connectivity index (χ1) is 9.16. The van der Waals surface area contributed by atoms with Crippen LogP contribution in [0.2, 0.25) is 0 Å². The summed E-state index contributed by atoms with van der Waals surface area (Å²) in [5.41, 5.74) is 0.130. The van der Waals surface area contributed by atoms with Crippen LogP contribution >= 0.6 is 0 Å². The van der Waals surface area contributed by atoms with Crippen molar-refractivity contribution in [2.24, 2.45) is 10.8 Å². The minimum atomic E-state index is -0.141. The third kappa shape index (κ3) is 2.18. The number of carbonyl (C=O) groups excluding carboxylic acids is 1. The summed E-state index contributed by atoms with van der Waals surface area (Å²) in [7, 11) is 0. The van der Waals surface area contributed by atoms with E-state index in [1.807, 2.05) is 12.1 Å². The van der Waals surface area contributed by atoms with E-state index in [1.165, 1.54) is 0 Å². The van der Waals surface area contributed by atoms with Crippen molar-refractivity contribution in [1.82, 2.24) is 10.6 Å². The topological polar surface area (TPSA) is 54.3 Å². The molecule has 1 amide bonds. The van der Waals surface area contributed by atoms with Crippen LogP contribution in [0.5, 0.6) is 0 Å². The predicted molar refractivity (Wildman–Crippen MR) is 72.7 cm³/mol. The standard InChI is InChI=1S/C15H22N2O2/c1-14(11-15(14)5-8-16-9-6-15)13(18)17-7-4-12-3-2-10-19-12/h2-3,10,16H,4-9,11H2,1H3,(H,17,18). The molecule has 1 spiro atoms. The van der Waals surface area contributed by atoms with Crippen LogP contribution in [0.25, 0.3) is 0 Å². The summed E-state index contributed by atoms with van der Waals surface area (Å²) in [6.07, 6.45) is 5.76. The van der Waals surface area contributed by atoms with Gasteiger partial charge in [0, 0.05) is 13.0 Å². The third-order valence-electron chi connectivity index (χ3n) is 5.04. The van der Waals surface area contributed by atoms with Crippen molar-refractivity contribution < 1.29 is 9.21 Å². The number of nitrogens with one attached hydrogen (secondary N) is 2. The molecule has 1 aromatic heterocycles. The summed E-state index contributed by atoms with van der Waals surface area (Å²) in [6.45, 7) is 4.89. The Bertz CT molecular complexity index is 449. The monoisotopic (exact) mass is 262 g/mol. The number of furan rings is 1. The van der Waals surface area contributed by atoms with Gasteiger partial charge in [-0.3, -0.25) is 4.79 Å². The number of amides is 1. The van der Waals surface area contributed by atoms with Crippen LogP contribution in [0.4, 0.5) is 0 Å². The summed E-state index contributed by atoms with van der Waals surface area (Å²) in [5.74, 6) is 1.15. The van der Waals surface area contributed by atoms with Crippen LogP contribution in [0, 0.1) is 10.8 Å². The van der Waals surface area contributed by atoms with Crippen molar-refractivity contribution >= 4 is 5.91 Å². The molecule has 4 heteroatoms. The molecule has 1 saturated carbocycles. The first-order valence-corrected chi connectivity index (χ1v) is 7.18. The van der Waals surface area contributed by atoms with Crippen LogP contribution in [-0.2, 0) is 11.2 Å². The van der Waals surface area contributed by atoms with E-state index in [4.69, 9.17) is 4.42 Å². The Labute approximate surface area is 113 Å². The summed E-state index contributed by atoms with van der Waals surface area (Å²) < 4.78 is 5.27. The Morgan fingerprint density at radius 2 is 2.26 bits per heavy atom. The van der Waals surface area contributed by atoms with Gasteiger partial charge in [-0.15, -0.1) is 0 Å². The summed E-state index contributed by atoms with van der Waals surface area (Å²) in [5, 5.41) is 6.45. The van der Waals surface area contributed by atoms with Gasteiger partial charge in [-0.05, 0) is 49.9 Å². The fraction of sp³-hybridized carbons (Fsp3) is 0.667. The van der Waals surface area contributed by atoms with Crippen LogP contribution in [0.1, 0.15) is 31.9 Å². The van der Waals surface area contributed by atoms with Crippen molar-refractivity contribution in [3.8, 4) is 0 Å². The second-order valence-corrected chi connectivity index (χ2v) is 6.12. The molecule has 1 aliphatic heterocycles. The quantitative estimate of drug-likeness (QED) is 0.868. The van der Waals surface area contributed by atoms with E-state index in [-0.39, 0.29) is 16.7 Å². The van der Waals surface area contributed by atoms with Crippen molar-refractivity contribution in [1.29, 1.82) is 0 Å². The lowest BCUT2D eigenvalue weighted by Gasteiger charge is -2.27. The van der Waals surface area contributed by atoms with Gasteiger partial charge in [0.25, 0.3) is 0 Å². The summed E-state index contributed by atoms with van der Waals surface area (Å²) >= 11 is 0. The van der Waals surface area contributed by atoms with E-state index in [9.17, 15) is 4.79 Å². The number of hydrogen-bond donors (Lipinski definition) is 2. The highest BCUT2D eigenvalue weighted by Crippen LogP contribution is 2.68. The van der Waals surface area contributed by atoms with Crippen molar-refractivity contribution in [3.63, 3.8) is 0 Å². The third-order valence-corrected chi connectivity index (χ3v) is 5.04. The van der Waals surface area contributed by atoms with Gasteiger partial charge in [0.1, 0.15) is 5.76 Å². The lowest BCUT2D eigenvalue weighted by Crippen LogP contribution is -2.39. The zero-order valence-corrected chi connectivity index (χ0v) is 11.5. The fourth-order valence-corrected chi connectivity index (χ4v) is 3.54. The Morgan fingerprint density at radius 3 is 2.95 bits per heavy atom. The molecule has 1 aliphatic carbocycles. The molecule has 0 radical (unpaired) electrons. The normalized spacial score (nSPS) is 28.3. The molecule has 0 aromatic carbocycles. The minimum absolute atomic E-state index is 0.141. The molecular formula is C15H22N2O2. The largest absolute Gasteiger partial charge is 0.469 e. The zero-order chi connectivity index (χ0) is 13.3. The Balaban J connectivity index is 1.51. The lowest BCUT2D eigenvalue weighted by atomic mass is 9.85. The van der Waals surface area contributed by atoms with Crippen molar-refractivity contribution in [2.45, 2.75) is 32.6 Å². The maximum absolute atomic E-state index is 12.4. The maximum Gasteiger partial charge on any atom is 0.226 e. The average molecular weight is 262 g/mol. The molecular weight excluding hydrogens is 240 g/mol. The molecule has 0 bridgehead atoms. The van der Waals surface area contributed by atoms with Gasteiger partial charge in [-0.2, -0.15) is 0 Å². The molecule has 1 saturated heterocycles. The lowest BCUT2D eigenvalue weighted by molar-refractivity contribution is -0.127. The van der Waals surface area contributed by atoms with Crippen LogP contribution in [0.3, 0.4) is 0 Å². The van der Waals surface area contributed by atoms with Gasteiger partial charge < -0.3 is 15.1 Å². The molecule has 2 heterocycles. The van der Waals surface area contributed by atoms with Gasteiger partial charge in [0.15, 0.2) is 0 Å². The van der Waals surface area contributed by atoms with E-state index in [2.05, 4.69) is 17.6 Å². The molecule has 104 valence electrons. The van der Waals surface area contributed by atoms with Gasteiger partial charge >= 0.3 is 0 Å². The molecule has 4 nitrogen and oxygen atoms in total. The molecule has 1 atom stereocenters. The van der Waals surface area contributed by atoms with Crippen molar-refractivity contribution in [3.05, 3.63) is 24.2 Å². The molecule has 2 fully saturated rings. The van der Waals surface area contributed by atoms with E-state index >= 15 is 0 Å². The molecule has 2 N–H and O–H groups in total. The predicted octanol–water partition coefficient (Wildman–Crippen LogP) is 1.72. The van der Waals surface area contributed by atoms with Gasteiger partial charge in [0.2, 0.25) is 5.91 Å². The SMILES string of the molecule is CC1(C(=O)NCCc2ccco2)CC12CCNCC2. The number of rotatable bonds is 4. The second kappa shape index (κ2) is 4.67. The summed E-state index contributed by atoms with van der Waals surface area (Å²) in [4.78, 5) is 12.4. The molecule has 3 rings (SSSR count). The minimum Gasteiger partial charge on any atom is -0.469 e. The van der Waals surface area contributed by atoms with Crippen LogP contribution in [0.15, 0.2) is 22.8 Å². The maximum atomic E-state index is 12.4.